The zero-order valence-electron chi connectivity index (χ0n) is 15.2. The van der Waals surface area contributed by atoms with Crippen LogP contribution in [0.2, 0.25) is 0 Å². The summed E-state index contributed by atoms with van der Waals surface area (Å²) >= 11 is 0. The summed E-state index contributed by atoms with van der Waals surface area (Å²) < 4.78 is 0. The van der Waals surface area contributed by atoms with Crippen molar-refractivity contribution in [2.45, 2.75) is 38.6 Å². The highest BCUT2D eigenvalue weighted by Gasteiger charge is 2.19. The Balaban J connectivity index is 1.52. The Labute approximate surface area is 154 Å². The number of rotatable bonds is 6. The van der Waals surface area contributed by atoms with E-state index in [0.29, 0.717) is 6.54 Å². The van der Waals surface area contributed by atoms with E-state index in [1.807, 2.05) is 19.1 Å². The largest absolute Gasteiger partial charge is 0.372 e. The minimum absolute atomic E-state index is 0.137. The number of urea groups is 1. The van der Waals surface area contributed by atoms with Crippen molar-refractivity contribution in [2.75, 3.05) is 25.0 Å². The summed E-state index contributed by atoms with van der Waals surface area (Å²) in [6.07, 6.45) is 3.58. The van der Waals surface area contributed by atoms with Crippen LogP contribution in [-0.4, -0.2) is 38.0 Å². The fourth-order valence-electron chi connectivity index (χ4n) is 3.17. The summed E-state index contributed by atoms with van der Waals surface area (Å²) in [5.74, 6) is 0.899. The average Bonchev–Trinajstić information content (AvgIpc) is 2.61. The molecule has 1 aromatic carbocycles. The molecule has 2 amide bonds. The Hall–Kier alpha value is -2.29. The molecule has 8 N–H and O–H groups in total. The van der Waals surface area contributed by atoms with Gasteiger partial charge in [-0.05, 0) is 62.2 Å². The molecule has 8 nitrogen and oxygen atoms in total. The van der Waals surface area contributed by atoms with Gasteiger partial charge in [-0.1, -0.05) is 6.07 Å². The van der Waals surface area contributed by atoms with Gasteiger partial charge in [0.15, 0.2) is 6.29 Å². The van der Waals surface area contributed by atoms with Crippen LogP contribution in [0.3, 0.4) is 0 Å². The highest BCUT2D eigenvalue weighted by molar-refractivity contribution is 5.89. The second-order valence-corrected chi connectivity index (χ2v) is 6.69. The fourth-order valence-corrected chi connectivity index (χ4v) is 3.17. The number of hydrogen-bond donors (Lipinski definition) is 7. The summed E-state index contributed by atoms with van der Waals surface area (Å²) in [5, 5.41) is 19.0. The molecule has 2 heterocycles. The Bertz CT molecular complexity index is 661. The standard InChI is InChI=1S/C18H29N7O/c1-12-9-16(21-7-2-6-19)24-17(22-12)25-18(26)23-15-4-3-14-11-20-8-5-13(14)10-15/h3-4,9-10,12,17,20-22,24H,2,5-8,11,19H2,1H3,(H2,23,25,26). The van der Waals surface area contributed by atoms with Gasteiger partial charge < -0.3 is 32.3 Å². The first kappa shape index (κ1) is 18.5. The minimum Gasteiger partial charge on any atom is -0.372 e. The van der Waals surface area contributed by atoms with Gasteiger partial charge >= 0.3 is 6.03 Å². The quantitative estimate of drug-likeness (QED) is 0.362. The maximum atomic E-state index is 12.4. The summed E-state index contributed by atoms with van der Waals surface area (Å²) in [6.45, 7) is 5.35. The van der Waals surface area contributed by atoms with Gasteiger partial charge in [-0.2, -0.15) is 0 Å². The zero-order valence-corrected chi connectivity index (χ0v) is 15.2. The third-order valence-electron chi connectivity index (χ3n) is 4.47. The lowest BCUT2D eigenvalue weighted by atomic mass is 10.0. The first-order valence-corrected chi connectivity index (χ1v) is 9.22. The topological polar surface area (TPSA) is 115 Å². The monoisotopic (exact) mass is 359 g/mol. The molecule has 2 atom stereocenters. The number of hydrogen-bond acceptors (Lipinski definition) is 6. The Kier molecular flexibility index (Phi) is 6.32. The van der Waals surface area contributed by atoms with E-state index in [1.165, 1.54) is 11.1 Å². The van der Waals surface area contributed by atoms with E-state index in [-0.39, 0.29) is 18.4 Å². The SMILES string of the molecule is CC1C=C(NCCCN)NC(NC(=O)Nc2ccc3c(c2)CCNC3)N1. The van der Waals surface area contributed by atoms with Crippen molar-refractivity contribution in [2.24, 2.45) is 5.73 Å². The number of amides is 2. The molecule has 1 aromatic rings. The molecule has 2 aliphatic rings. The highest BCUT2D eigenvalue weighted by Crippen LogP contribution is 2.18. The maximum Gasteiger partial charge on any atom is 0.321 e. The molecule has 0 bridgehead atoms. The minimum atomic E-state index is -0.350. The lowest BCUT2D eigenvalue weighted by Crippen LogP contribution is -2.61. The van der Waals surface area contributed by atoms with Crippen molar-refractivity contribution < 1.29 is 4.79 Å². The van der Waals surface area contributed by atoms with E-state index in [9.17, 15) is 4.79 Å². The predicted molar refractivity (Wildman–Crippen MR) is 103 cm³/mol. The first-order valence-electron chi connectivity index (χ1n) is 9.22. The van der Waals surface area contributed by atoms with Crippen LogP contribution in [0.15, 0.2) is 30.1 Å². The molecule has 0 spiro atoms. The van der Waals surface area contributed by atoms with Crippen molar-refractivity contribution in [3.63, 3.8) is 0 Å². The van der Waals surface area contributed by atoms with Gasteiger partial charge in [0, 0.05) is 24.8 Å². The lowest BCUT2D eigenvalue weighted by molar-refractivity contribution is 0.240. The highest BCUT2D eigenvalue weighted by atomic mass is 16.2. The predicted octanol–water partition coefficient (Wildman–Crippen LogP) is 0.0985. The number of carbonyl (C=O) groups excluding carboxylic acids is 1. The van der Waals surface area contributed by atoms with Crippen LogP contribution in [0, 0.1) is 0 Å². The molecule has 2 unspecified atom stereocenters. The lowest BCUT2D eigenvalue weighted by Gasteiger charge is -2.31. The number of nitrogens with two attached hydrogens (primary N) is 1. The molecule has 0 aromatic heterocycles. The van der Waals surface area contributed by atoms with Gasteiger partial charge in [-0.25, -0.2) is 4.79 Å². The van der Waals surface area contributed by atoms with Gasteiger partial charge in [-0.15, -0.1) is 0 Å². The van der Waals surface area contributed by atoms with E-state index >= 15 is 0 Å². The number of benzene rings is 1. The van der Waals surface area contributed by atoms with E-state index in [2.05, 4.69) is 44.0 Å². The molecular formula is C18H29N7O. The molecule has 0 saturated carbocycles. The van der Waals surface area contributed by atoms with Crippen LogP contribution in [0.1, 0.15) is 24.5 Å². The number of nitrogens with one attached hydrogen (secondary N) is 6. The zero-order chi connectivity index (χ0) is 18.4. The second-order valence-electron chi connectivity index (χ2n) is 6.69. The maximum absolute atomic E-state index is 12.4. The molecule has 0 fully saturated rings. The van der Waals surface area contributed by atoms with Gasteiger partial charge in [0.2, 0.25) is 0 Å². The van der Waals surface area contributed by atoms with Crippen LogP contribution >= 0.6 is 0 Å². The Morgan fingerprint density at radius 3 is 3.08 bits per heavy atom. The van der Waals surface area contributed by atoms with Crippen LogP contribution in [0.5, 0.6) is 0 Å². The number of fused-ring (bicyclic) bond motifs is 1. The van der Waals surface area contributed by atoms with Crippen LogP contribution in [0.25, 0.3) is 0 Å². The van der Waals surface area contributed by atoms with Crippen molar-refractivity contribution in [3.05, 3.63) is 41.2 Å². The summed E-state index contributed by atoms with van der Waals surface area (Å²) in [6, 6.07) is 5.95. The molecule has 0 saturated heterocycles. The van der Waals surface area contributed by atoms with E-state index in [0.717, 1.165) is 44.0 Å². The smallest absolute Gasteiger partial charge is 0.321 e. The van der Waals surface area contributed by atoms with Gasteiger partial charge in [-0.3, -0.25) is 5.32 Å². The molecule has 142 valence electrons. The Morgan fingerprint density at radius 1 is 1.35 bits per heavy atom. The van der Waals surface area contributed by atoms with Gasteiger partial charge in [0.25, 0.3) is 0 Å². The number of anilines is 1. The molecule has 2 aliphatic heterocycles. The molecule has 3 rings (SSSR count). The third-order valence-corrected chi connectivity index (χ3v) is 4.47. The first-order chi connectivity index (χ1) is 12.6. The molecule has 8 heteroatoms. The van der Waals surface area contributed by atoms with Crippen LogP contribution in [-0.2, 0) is 13.0 Å². The molecule has 0 radical (unpaired) electrons. The van der Waals surface area contributed by atoms with Crippen LogP contribution < -0.4 is 37.6 Å². The fraction of sp³-hybridized carbons (Fsp3) is 0.500. The van der Waals surface area contributed by atoms with Crippen molar-refractivity contribution in [1.82, 2.24) is 26.6 Å². The van der Waals surface area contributed by atoms with Crippen molar-refractivity contribution in [3.8, 4) is 0 Å². The normalized spacial score (nSPS) is 21.8. The second kappa shape index (κ2) is 8.88. The van der Waals surface area contributed by atoms with Crippen molar-refractivity contribution >= 4 is 11.7 Å². The number of carbonyl (C=O) groups is 1. The van der Waals surface area contributed by atoms with E-state index in [1.54, 1.807) is 0 Å². The molecule has 26 heavy (non-hydrogen) atoms. The van der Waals surface area contributed by atoms with E-state index in [4.69, 9.17) is 5.73 Å². The summed E-state index contributed by atoms with van der Waals surface area (Å²) in [7, 11) is 0. The van der Waals surface area contributed by atoms with Gasteiger partial charge in [0.05, 0.1) is 5.82 Å². The third kappa shape index (κ3) is 5.10. The molecule has 0 aliphatic carbocycles. The van der Waals surface area contributed by atoms with E-state index < -0.39 is 0 Å². The molecular weight excluding hydrogens is 330 g/mol. The summed E-state index contributed by atoms with van der Waals surface area (Å²) in [4.78, 5) is 12.4. The van der Waals surface area contributed by atoms with Gasteiger partial charge in [0.1, 0.15) is 0 Å². The Morgan fingerprint density at radius 2 is 2.23 bits per heavy atom. The average molecular weight is 359 g/mol. The summed E-state index contributed by atoms with van der Waals surface area (Å²) in [5.41, 5.74) is 8.92. The van der Waals surface area contributed by atoms with Crippen LogP contribution in [0.4, 0.5) is 10.5 Å². The van der Waals surface area contributed by atoms with Crippen molar-refractivity contribution in [1.29, 1.82) is 0 Å².